The molecule has 1 amide bonds. The van der Waals surface area contributed by atoms with Crippen LogP contribution in [0.5, 0.6) is 11.5 Å². The Kier molecular flexibility index (Phi) is 5.97. The van der Waals surface area contributed by atoms with Gasteiger partial charge in [-0.2, -0.15) is 0 Å². The van der Waals surface area contributed by atoms with Gasteiger partial charge in [-0.15, -0.1) is 11.3 Å². The molecule has 1 aliphatic rings. The number of carbonyl (C=O) groups excluding carboxylic acids is 1. The Morgan fingerprint density at radius 1 is 1.16 bits per heavy atom. The van der Waals surface area contributed by atoms with Crippen LogP contribution in [0.15, 0.2) is 36.4 Å². The Labute approximate surface area is 153 Å². The first-order valence-corrected chi connectivity index (χ1v) is 9.70. The molecule has 1 saturated heterocycles. The van der Waals surface area contributed by atoms with Crippen LogP contribution in [0, 0.1) is 6.92 Å². The van der Waals surface area contributed by atoms with Crippen LogP contribution in [0.1, 0.15) is 42.0 Å². The highest BCUT2D eigenvalue weighted by Crippen LogP contribution is 2.35. The van der Waals surface area contributed by atoms with Crippen LogP contribution in [-0.4, -0.2) is 30.6 Å². The van der Waals surface area contributed by atoms with Crippen LogP contribution in [0.2, 0.25) is 0 Å². The molecule has 1 fully saturated rings. The smallest absolute Gasteiger partial charge is 0.261 e. The number of likely N-dealkylation sites (tertiary alicyclic amines) is 1. The molecule has 5 heteroatoms. The molecule has 0 saturated carbocycles. The van der Waals surface area contributed by atoms with Gasteiger partial charge in [0.2, 0.25) is 0 Å². The second kappa shape index (κ2) is 8.39. The molecule has 3 rings (SSSR count). The molecule has 2 heterocycles. The van der Waals surface area contributed by atoms with Crippen molar-refractivity contribution in [2.45, 2.75) is 39.2 Å². The number of rotatable bonds is 7. The van der Waals surface area contributed by atoms with Gasteiger partial charge in [0.25, 0.3) is 5.91 Å². The summed E-state index contributed by atoms with van der Waals surface area (Å²) in [6, 6.07) is 11.9. The topological polar surface area (TPSA) is 38.8 Å². The highest BCUT2D eigenvalue weighted by atomic mass is 32.1. The van der Waals surface area contributed by atoms with Crippen molar-refractivity contribution in [3.05, 3.63) is 46.2 Å². The van der Waals surface area contributed by atoms with E-state index >= 15 is 0 Å². The summed E-state index contributed by atoms with van der Waals surface area (Å²) in [7, 11) is 0. The van der Waals surface area contributed by atoms with Gasteiger partial charge in [0.1, 0.15) is 11.5 Å². The van der Waals surface area contributed by atoms with Crippen molar-refractivity contribution in [2.75, 3.05) is 19.8 Å². The second-order valence-electron chi connectivity index (χ2n) is 6.30. The van der Waals surface area contributed by atoms with Crippen molar-refractivity contribution in [1.82, 2.24) is 4.90 Å². The summed E-state index contributed by atoms with van der Waals surface area (Å²) in [4.78, 5) is 17.1. The number of ether oxygens (including phenoxy) is 2. The molecule has 0 aliphatic carbocycles. The zero-order valence-corrected chi connectivity index (χ0v) is 15.7. The van der Waals surface area contributed by atoms with Crippen molar-refractivity contribution in [2.24, 2.45) is 0 Å². The minimum atomic E-state index is 0.0554. The zero-order valence-electron chi connectivity index (χ0n) is 14.9. The van der Waals surface area contributed by atoms with E-state index in [2.05, 4.69) is 26.0 Å². The number of hydrogen-bond donors (Lipinski definition) is 0. The standard InChI is InChI=1S/C20H25NO3S/c1-3-13-23-16-7-9-17(10-8-16)24-14-20(22)21-12-4-5-18(21)19-11-6-15(2)25-19/h6-11,18H,3-5,12-14H2,1-2H3. The molecule has 134 valence electrons. The van der Waals surface area contributed by atoms with Gasteiger partial charge in [-0.05, 0) is 62.6 Å². The van der Waals surface area contributed by atoms with Gasteiger partial charge in [0, 0.05) is 16.3 Å². The first-order valence-electron chi connectivity index (χ1n) is 8.89. The van der Waals surface area contributed by atoms with E-state index in [4.69, 9.17) is 9.47 Å². The fourth-order valence-electron chi connectivity index (χ4n) is 3.07. The van der Waals surface area contributed by atoms with Crippen LogP contribution < -0.4 is 9.47 Å². The quantitative estimate of drug-likeness (QED) is 0.726. The van der Waals surface area contributed by atoms with Gasteiger partial charge in [-0.1, -0.05) is 6.92 Å². The number of hydrogen-bond acceptors (Lipinski definition) is 4. The van der Waals surface area contributed by atoms with E-state index in [0.29, 0.717) is 12.4 Å². The molecule has 1 atom stereocenters. The largest absolute Gasteiger partial charge is 0.494 e. The summed E-state index contributed by atoms with van der Waals surface area (Å²) in [5.41, 5.74) is 0. The zero-order chi connectivity index (χ0) is 17.6. The van der Waals surface area contributed by atoms with Crippen LogP contribution >= 0.6 is 11.3 Å². The number of thiophene rings is 1. The highest BCUT2D eigenvalue weighted by molar-refractivity contribution is 7.12. The third kappa shape index (κ3) is 4.54. The van der Waals surface area contributed by atoms with Crippen LogP contribution in [0.25, 0.3) is 0 Å². The van der Waals surface area contributed by atoms with Crippen LogP contribution in [0.4, 0.5) is 0 Å². The van der Waals surface area contributed by atoms with E-state index in [1.807, 2.05) is 29.2 Å². The van der Waals surface area contributed by atoms with Gasteiger partial charge in [0.15, 0.2) is 6.61 Å². The van der Waals surface area contributed by atoms with Gasteiger partial charge < -0.3 is 14.4 Å². The fourth-order valence-corrected chi connectivity index (χ4v) is 4.10. The first kappa shape index (κ1) is 17.8. The third-order valence-electron chi connectivity index (χ3n) is 4.32. The molecule has 1 unspecified atom stereocenters. The van der Waals surface area contributed by atoms with E-state index in [1.165, 1.54) is 9.75 Å². The van der Waals surface area contributed by atoms with Crippen molar-refractivity contribution >= 4 is 17.2 Å². The van der Waals surface area contributed by atoms with Crippen molar-refractivity contribution < 1.29 is 14.3 Å². The lowest BCUT2D eigenvalue weighted by Gasteiger charge is -2.24. The molecule has 1 aliphatic heterocycles. The van der Waals surface area contributed by atoms with Gasteiger partial charge >= 0.3 is 0 Å². The molecule has 0 N–H and O–H groups in total. The van der Waals surface area contributed by atoms with Crippen molar-refractivity contribution in [3.8, 4) is 11.5 Å². The molecule has 2 aromatic rings. The van der Waals surface area contributed by atoms with E-state index in [1.54, 1.807) is 11.3 Å². The van der Waals surface area contributed by atoms with Crippen molar-refractivity contribution in [3.63, 3.8) is 0 Å². The molecule has 1 aromatic heterocycles. The molecule has 0 bridgehead atoms. The lowest BCUT2D eigenvalue weighted by Crippen LogP contribution is -2.34. The summed E-state index contributed by atoms with van der Waals surface area (Å²) in [6.45, 7) is 5.78. The predicted molar refractivity (Wildman–Crippen MR) is 100 cm³/mol. The molecule has 4 nitrogen and oxygen atoms in total. The van der Waals surface area contributed by atoms with Crippen LogP contribution in [0.3, 0.4) is 0 Å². The van der Waals surface area contributed by atoms with Gasteiger partial charge in [-0.3, -0.25) is 4.79 Å². The Morgan fingerprint density at radius 2 is 1.88 bits per heavy atom. The van der Waals surface area contributed by atoms with E-state index < -0.39 is 0 Å². The number of benzene rings is 1. The minimum Gasteiger partial charge on any atom is -0.494 e. The molecule has 0 radical (unpaired) electrons. The maximum Gasteiger partial charge on any atom is 0.261 e. The summed E-state index contributed by atoms with van der Waals surface area (Å²) >= 11 is 1.78. The molecule has 0 spiro atoms. The Balaban J connectivity index is 1.55. The Hall–Kier alpha value is -2.01. The molecule has 25 heavy (non-hydrogen) atoms. The minimum absolute atomic E-state index is 0.0554. The third-order valence-corrected chi connectivity index (χ3v) is 5.42. The second-order valence-corrected chi connectivity index (χ2v) is 7.62. The van der Waals surface area contributed by atoms with Gasteiger partial charge in [-0.25, -0.2) is 0 Å². The number of nitrogens with zero attached hydrogens (tertiary/aromatic N) is 1. The predicted octanol–water partition coefficient (Wildman–Crippen LogP) is 4.59. The van der Waals surface area contributed by atoms with E-state index in [-0.39, 0.29) is 18.6 Å². The van der Waals surface area contributed by atoms with Gasteiger partial charge in [0.05, 0.1) is 12.6 Å². The number of amides is 1. The monoisotopic (exact) mass is 359 g/mol. The van der Waals surface area contributed by atoms with E-state index in [9.17, 15) is 4.79 Å². The summed E-state index contributed by atoms with van der Waals surface area (Å²) < 4.78 is 11.2. The fraction of sp³-hybridized carbons (Fsp3) is 0.450. The lowest BCUT2D eigenvalue weighted by atomic mass is 10.2. The Morgan fingerprint density at radius 3 is 2.52 bits per heavy atom. The molecular weight excluding hydrogens is 334 g/mol. The average molecular weight is 359 g/mol. The number of carbonyl (C=O) groups is 1. The maximum absolute atomic E-state index is 12.6. The molecule has 1 aromatic carbocycles. The first-order chi connectivity index (χ1) is 12.2. The number of aryl methyl sites for hydroxylation is 1. The van der Waals surface area contributed by atoms with Crippen LogP contribution in [-0.2, 0) is 4.79 Å². The maximum atomic E-state index is 12.6. The molecular formula is C20H25NO3S. The normalized spacial score (nSPS) is 16.9. The van der Waals surface area contributed by atoms with Crippen molar-refractivity contribution in [1.29, 1.82) is 0 Å². The highest BCUT2D eigenvalue weighted by Gasteiger charge is 2.30. The summed E-state index contributed by atoms with van der Waals surface area (Å²) in [5, 5.41) is 0. The SMILES string of the molecule is CCCOc1ccc(OCC(=O)N2CCCC2c2ccc(C)s2)cc1. The van der Waals surface area contributed by atoms with E-state index in [0.717, 1.165) is 31.6 Å². The summed E-state index contributed by atoms with van der Waals surface area (Å²) in [5.74, 6) is 1.58. The summed E-state index contributed by atoms with van der Waals surface area (Å²) in [6.07, 6.45) is 3.07. The Bertz CT molecular complexity index is 695. The lowest BCUT2D eigenvalue weighted by molar-refractivity contribution is -0.134. The average Bonchev–Trinajstić information content (AvgIpc) is 3.27.